The molecule has 2 rings (SSSR count). The van der Waals surface area contributed by atoms with Crippen molar-refractivity contribution in [2.45, 2.75) is 20.3 Å². The minimum absolute atomic E-state index is 0.0649. The van der Waals surface area contributed by atoms with Crippen molar-refractivity contribution >= 4 is 29.8 Å². The SMILES string of the molecule is CCOC(=O)Oc1c2ccc(CC(=O)NOCC(=O)N(C)C)ccc-2c(OC(=O)OCC)c1N. The summed E-state index contributed by atoms with van der Waals surface area (Å²) >= 11 is 0. The van der Waals surface area contributed by atoms with E-state index in [1.165, 1.54) is 4.90 Å². The number of rotatable bonds is 9. The number of nitrogens with zero attached hydrogens (tertiary/aromatic N) is 1. The van der Waals surface area contributed by atoms with Crippen LogP contribution in [0.25, 0.3) is 11.1 Å². The van der Waals surface area contributed by atoms with Gasteiger partial charge in [-0.1, -0.05) is 24.3 Å². The van der Waals surface area contributed by atoms with Crippen molar-refractivity contribution < 1.29 is 43.0 Å². The van der Waals surface area contributed by atoms with Crippen LogP contribution in [0.2, 0.25) is 0 Å². The topological polar surface area (TPSA) is 156 Å². The summed E-state index contributed by atoms with van der Waals surface area (Å²) in [7, 11) is 3.13. The fourth-order valence-corrected chi connectivity index (χ4v) is 2.73. The molecule has 0 bridgehead atoms. The van der Waals surface area contributed by atoms with Crippen molar-refractivity contribution in [2.75, 3.05) is 39.6 Å². The molecule has 0 saturated carbocycles. The lowest BCUT2D eigenvalue weighted by Gasteiger charge is -2.10. The zero-order chi connectivity index (χ0) is 25.3. The zero-order valence-corrected chi connectivity index (χ0v) is 19.3. The van der Waals surface area contributed by atoms with Gasteiger partial charge in [0.1, 0.15) is 5.69 Å². The third kappa shape index (κ3) is 6.97. The van der Waals surface area contributed by atoms with Crippen LogP contribution < -0.4 is 20.7 Å². The van der Waals surface area contributed by atoms with Crippen LogP contribution in [0.1, 0.15) is 19.4 Å². The monoisotopic (exact) mass is 477 g/mol. The van der Waals surface area contributed by atoms with E-state index in [2.05, 4.69) is 5.48 Å². The van der Waals surface area contributed by atoms with Crippen molar-refractivity contribution in [3.63, 3.8) is 0 Å². The van der Waals surface area contributed by atoms with Crippen LogP contribution in [-0.2, 0) is 30.3 Å². The van der Waals surface area contributed by atoms with E-state index in [0.29, 0.717) is 16.7 Å². The number of hydrogen-bond donors (Lipinski definition) is 2. The van der Waals surface area contributed by atoms with Crippen molar-refractivity contribution in [1.82, 2.24) is 10.4 Å². The number of amides is 2. The molecule has 0 fully saturated rings. The Kier molecular flexibility index (Phi) is 9.44. The summed E-state index contributed by atoms with van der Waals surface area (Å²) in [5.41, 5.74) is 9.40. The normalized spacial score (nSPS) is 10.4. The molecule has 2 aliphatic carbocycles. The van der Waals surface area contributed by atoms with Crippen molar-refractivity contribution in [3.8, 4) is 22.6 Å². The maximum absolute atomic E-state index is 12.2. The smallest absolute Gasteiger partial charge is 0.434 e. The molecule has 0 aromatic heterocycles. The summed E-state index contributed by atoms with van der Waals surface area (Å²) < 4.78 is 20.1. The van der Waals surface area contributed by atoms with E-state index in [9.17, 15) is 19.2 Å². The molecule has 0 aromatic carbocycles. The van der Waals surface area contributed by atoms with E-state index in [0.717, 1.165) is 0 Å². The molecule has 2 amide bonds. The summed E-state index contributed by atoms with van der Waals surface area (Å²) in [4.78, 5) is 53.7. The number of hydrogen-bond acceptors (Lipinski definition) is 10. The van der Waals surface area contributed by atoms with Gasteiger partial charge < -0.3 is 29.6 Å². The van der Waals surface area contributed by atoms with Gasteiger partial charge in [-0.15, -0.1) is 0 Å². The first kappa shape index (κ1) is 26.2. The molecule has 0 radical (unpaired) electrons. The fraction of sp³-hybridized carbons (Fsp3) is 0.364. The molecular formula is C22H27N3O9. The Bertz CT molecular complexity index is 965. The minimum Gasteiger partial charge on any atom is -0.434 e. The van der Waals surface area contributed by atoms with Crippen LogP contribution in [0.5, 0.6) is 11.5 Å². The second kappa shape index (κ2) is 12.3. The first-order valence-electron chi connectivity index (χ1n) is 10.3. The predicted octanol–water partition coefficient (Wildman–Crippen LogP) is 2.12. The van der Waals surface area contributed by atoms with E-state index in [1.54, 1.807) is 52.2 Å². The largest absolute Gasteiger partial charge is 0.513 e. The fourth-order valence-electron chi connectivity index (χ4n) is 2.73. The third-order valence-electron chi connectivity index (χ3n) is 4.34. The number of anilines is 1. The standard InChI is InChI=1S/C22H27N3O9/c1-5-30-21(28)33-19-14-9-7-13(11-16(26)24-32-12-17(27)25(3)4)8-10-15(14)20(18(19)23)34-22(29)31-6-2/h7-10H,5-6,11-12,23H2,1-4H3,(H,24,26). The number of fused-ring (bicyclic) bond motifs is 1. The maximum atomic E-state index is 12.2. The van der Waals surface area contributed by atoms with E-state index >= 15 is 0 Å². The first-order valence-corrected chi connectivity index (χ1v) is 10.3. The zero-order valence-electron chi connectivity index (χ0n) is 19.3. The number of carbonyl (C=O) groups is 4. The summed E-state index contributed by atoms with van der Waals surface area (Å²) in [6.07, 6.45) is -2.07. The number of hydroxylamine groups is 1. The molecule has 2 aliphatic rings. The summed E-state index contributed by atoms with van der Waals surface area (Å²) in [5.74, 6) is -0.941. The predicted molar refractivity (Wildman–Crippen MR) is 119 cm³/mol. The van der Waals surface area contributed by atoms with Gasteiger partial charge in [0, 0.05) is 25.2 Å². The third-order valence-corrected chi connectivity index (χ3v) is 4.34. The molecule has 3 N–H and O–H groups in total. The van der Waals surface area contributed by atoms with Gasteiger partial charge in [-0.05, 0) is 19.4 Å². The minimum atomic E-state index is -0.987. The van der Waals surface area contributed by atoms with E-state index < -0.39 is 18.2 Å². The van der Waals surface area contributed by atoms with Gasteiger partial charge >= 0.3 is 12.3 Å². The lowest BCUT2D eigenvalue weighted by atomic mass is 10.2. The average molecular weight is 477 g/mol. The molecule has 0 aromatic rings. The molecule has 12 nitrogen and oxygen atoms in total. The van der Waals surface area contributed by atoms with Gasteiger partial charge in [0.25, 0.3) is 5.91 Å². The summed E-state index contributed by atoms with van der Waals surface area (Å²) in [5, 5.41) is 0. The Balaban J connectivity index is 2.30. The summed E-state index contributed by atoms with van der Waals surface area (Å²) in [6.45, 7) is 3.08. The second-order valence-corrected chi connectivity index (χ2v) is 6.99. The first-order chi connectivity index (χ1) is 16.2. The lowest BCUT2D eigenvalue weighted by molar-refractivity contribution is -0.142. The van der Waals surface area contributed by atoms with Crippen molar-refractivity contribution in [1.29, 1.82) is 0 Å². The Hall–Kier alpha value is -4.06. The molecule has 0 heterocycles. The highest BCUT2D eigenvalue weighted by Crippen LogP contribution is 2.50. The van der Waals surface area contributed by atoms with Gasteiger partial charge in [-0.2, -0.15) is 0 Å². The molecule has 0 spiro atoms. The molecule has 12 heteroatoms. The van der Waals surface area contributed by atoms with Gasteiger partial charge in [0.15, 0.2) is 18.1 Å². The van der Waals surface area contributed by atoms with Crippen LogP contribution in [-0.4, -0.2) is 62.9 Å². The van der Waals surface area contributed by atoms with Crippen LogP contribution >= 0.6 is 0 Å². The van der Waals surface area contributed by atoms with Crippen molar-refractivity contribution in [2.24, 2.45) is 0 Å². The van der Waals surface area contributed by atoms with Crippen LogP contribution in [0.3, 0.4) is 0 Å². The number of nitrogen functional groups attached to an aromatic ring is 1. The highest BCUT2D eigenvalue weighted by Gasteiger charge is 2.28. The number of nitrogens with two attached hydrogens (primary N) is 1. The number of ether oxygens (including phenoxy) is 4. The Morgan fingerprint density at radius 1 is 0.882 bits per heavy atom. The molecule has 0 unspecified atom stereocenters. The van der Waals surface area contributed by atoms with Crippen LogP contribution in [0.4, 0.5) is 15.3 Å². The molecule has 0 atom stereocenters. The highest BCUT2D eigenvalue weighted by molar-refractivity contribution is 5.95. The van der Waals surface area contributed by atoms with Crippen LogP contribution in [0, 0.1) is 0 Å². The van der Waals surface area contributed by atoms with Crippen molar-refractivity contribution in [3.05, 3.63) is 29.8 Å². The van der Waals surface area contributed by atoms with E-state index in [-0.39, 0.29) is 49.3 Å². The second-order valence-electron chi connectivity index (χ2n) is 6.99. The molecule has 0 saturated heterocycles. The maximum Gasteiger partial charge on any atom is 0.513 e. The Morgan fingerprint density at radius 2 is 1.38 bits per heavy atom. The molecular weight excluding hydrogens is 450 g/mol. The number of likely N-dealkylation sites (N-methyl/N-ethyl adjacent to an activating group) is 1. The van der Waals surface area contributed by atoms with Gasteiger partial charge in [-0.3, -0.25) is 14.4 Å². The average Bonchev–Trinajstić information content (AvgIpc) is 2.90. The molecule has 184 valence electrons. The summed E-state index contributed by atoms with van der Waals surface area (Å²) in [6, 6.07) is 6.30. The van der Waals surface area contributed by atoms with Gasteiger partial charge in [-0.25, -0.2) is 15.1 Å². The molecule has 34 heavy (non-hydrogen) atoms. The Labute approximate surface area is 196 Å². The number of nitrogens with one attached hydrogen (secondary N) is 1. The lowest BCUT2D eigenvalue weighted by Crippen LogP contribution is -2.32. The molecule has 0 aliphatic heterocycles. The quantitative estimate of drug-likeness (QED) is 0.405. The Morgan fingerprint density at radius 3 is 1.82 bits per heavy atom. The van der Waals surface area contributed by atoms with Gasteiger partial charge in [0.05, 0.1) is 19.6 Å². The van der Waals surface area contributed by atoms with Crippen LogP contribution in [0.15, 0.2) is 24.3 Å². The van der Waals surface area contributed by atoms with E-state index in [4.69, 9.17) is 29.5 Å². The van der Waals surface area contributed by atoms with Gasteiger partial charge in [0.2, 0.25) is 5.91 Å². The van der Waals surface area contributed by atoms with E-state index in [1.807, 2.05) is 0 Å². The highest BCUT2D eigenvalue weighted by atomic mass is 16.7. The number of carbonyl (C=O) groups excluding carboxylic acids is 4.